The van der Waals surface area contributed by atoms with E-state index in [9.17, 15) is 52.7 Å². The molecule has 1 nitrogen and oxygen atoms in total. The summed E-state index contributed by atoms with van der Waals surface area (Å²) < 4.78 is 172. The maximum absolute atomic E-state index is 14.4. The molecule has 0 bridgehead atoms. The monoisotopic (exact) mass is 933 g/mol. The van der Waals surface area contributed by atoms with Gasteiger partial charge >= 0.3 is 24.7 Å². The molecule has 3 unspecified atom stereocenters. The lowest BCUT2D eigenvalue weighted by Crippen LogP contribution is -2.36. The van der Waals surface area contributed by atoms with E-state index in [0.29, 0.717) is 42.5 Å². The van der Waals surface area contributed by atoms with Crippen LogP contribution in [0.3, 0.4) is 0 Å². The van der Waals surface area contributed by atoms with Gasteiger partial charge in [0.05, 0.1) is 22.3 Å². The summed E-state index contributed by atoms with van der Waals surface area (Å²) in [6.45, 7) is 5.96. The molecule has 8 rings (SSSR count). The molecule has 5 atom stereocenters. The van der Waals surface area contributed by atoms with Gasteiger partial charge in [0, 0.05) is 19.8 Å². The predicted octanol–water partition coefficient (Wildman–Crippen LogP) is 13.1. The standard InChI is InChI=1S/C49H41F12NP2/c1-27-13-16-41-32(17-27)14-15-33-25-63(26-42-28(2)18-31-11-7-8-12-40(31)44(42)43(33)41)45(30-9-5-4-6-10-30)29(3)62-64(38-21-34(46(50,51)52)19-35(22-38)47(53,54)55)39-23-36(48(56,57)58)20-37(24-39)49(59,60)61/h4-12,14-17,19-24,27-29,45,62H,13,18,25-26H2,1-3H3/t27?,28?,29-,45+,63?/m0/s1. The lowest BCUT2D eigenvalue weighted by molar-refractivity contribution is -0.144. The Labute approximate surface area is 364 Å². The van der Waals surface area contributed by atoms with Crippen LogP contribution in [-0.2, 0) is 37.3 Å². The summed E-state index contributed by atoms with van der Waals surface area (Å²) in [5.74, 6) is 0.383. The fourth-order valence-electron chi connectivity index (χ4n) is 9.36. The van der Waals surface area contributed by atoms with E-state index in [-0.39, 0.29) is 18.1 Å². The number of nitrogens with one attached hydrogen (secondary N) is 1. The third-order valence-electron chi connectivity index (χ3n) is 12.3. The van der Waals surface area contributed by atoms with Gasteiger partial charge in [-0.25, -0.2) is 0 Å². The number of benzene rings is 5. The van der Waals surface area contributed by atoms with Gasteiger partial charge in [-0.05, 0) is 135 Å². The molecule has 0 aromatic heterocycles. The number of halogens is 12. The number of alkyl halides is 12. The third kappa shape index (κ3) is 9.32. The van der Waals surface area contributed by atoms with E-state index in [4.69, 9.17) is 0 Å². The molecule has 1 heterocycles. The number of hydrogen-bond acceptors (Lipinski definition) is 1. The summed E-state index contributed by atoms with van der Waals surface area (Å²) >= 11 is 0. The Balaban J connectivity index is 1.34. The molecular formula is C49H41F12NP2. The fourth-order valence-corrected chi connectivity index (χ4v) is 15.1. The molecule has 0 amide bonds. The van der Waals surface area contributed by atoms with Crippen LogP contribution in [0.2, 0.25) is 0 Å². The zero-order valence-electron chi connectivity index (χ0n) is 34.5. The third-order valence-corrected chi connectivity index (χ3v) is 17.5. The van der Waals surface area contributed by atoms with Gasteiger partial charge in [0.15, 0.2) is 0 Å². The van der Waals surface area contributed by atoms with Crippen LogP contribution in [0.15, 0.2) is 109 Å². The Morgan fingerprint density at radius 1 is 0.625 bits per heavy atom. The molecule has 64 heavy (non-hydrogen) atoms. The maximum atomic E-state index is 14.4. The average Bonchev–Trinajstić information content (AvgIpc) is 3.39. The maximum Gasteiger partial charge on any atom is 0.416 e. The predicted molar refractivity (Wildman–Crippen MR) is 230 cm³/mol. The van der Waals surface area contributed by atoms with Gasteiger partial charge in [0.1, 0.15) is 0 Å². The summed E-state index contributed by atoms with van der Waals surface area (Å²) in [4.78, 5) is 0. The number of allylic oxidation sites excluding steroid dienone is 1. The molecule has 0 spiro atoms. The molecule has 0 saturated heterocycles. The Hall–Kier alpha value is -4.44. The summed E-state index contributed by atoms with van der Waals surface area (Å²) in [6.07, 6.45) is -14.2. The zero-order chi connectivity index (χ0) is 46.1. The van der Waals surface area contributed by atoms with E-state index in [2.05, 4.69) is 55.4 Å². The van der Waals surface area contributed by atoms with Crippen LogP contribution in [0.4, 0.5) is 52.7 Å². The Bertz CT molecular complexity index is 2590. The Kier molecular flexibility index (Phi) is 12.3. The van der Waals surface area contributed by atoms with E-state index in [1.165, 1.54) is 11.1 Å². The van der Waals surface area contributed by atoms with Crippen molar-refractivity contribution >= 4 is 44.3 Å². The highest BCUT2D eigenvalue weighted by molar-refractivity contribution is 7.71. The van der Waals surface area contributed by atoms with Gasteiger partial charge in [-0.3, -0.25) is 5.09 Å². The first kappa shape index (κ1) is 46.1. The van der Waals surface area contributed by atoms with Crippen LogP contribution in [-0.4, -0.2) is 12.2 Å². The van der Waals surface area contributed by atoms with Crippen LogP contribution < -0.4 is 26.1 Å². The van der Waals surface area contributed by atoms with E-state index in [0.717, 1.165) is 51.1 Å². The summed E-state index contributed by atoms with van der Waals surface area (Å²) in [7, 11) is -4.24. The van der Waals surface area contributed by atoms with Gasteiger partial charge in [-0.1, -0.05) is 106 Å². The van der Waals surface area contributed by atoms with Crippen molar-refractivity contribution in [3.05, 3.63) is 169 Å². The van der Waals surface area contributed by atoms with Crippen molar-refractivity contribution in [1.82, 2.24) is 5.09 Å². The second-order valence-corrected chi connectivity index (χ2v) is 21.2. The first-order valence-corrected chi connectivity index (χ1v) is 23.7. The first-order valence-electron chi connectivity index (χ1n) is 20.6. The molecular weight excluding hydrogens is 892 g/mol. The smallest absolute Gasteiger partial charge is 0.285 e. The van der Waals surface area contributed by atoms with Crippen LogP contribution in [0, 0.1) is 11.8 Å². The van der Waals surface area contributed by atoms with Crippen molar-refractivity contribution in [1.29, 1.82) is 0 Å². The van der Waals surface area contributed by atoms with Gasteiger partial charge in [-0.2, -0.15) is 52.7 Å². The lowest BCUT2D eigenvalue weighted by atomic mass is 9.76. The van der Waals surface area contributed by atoms with E-state index in [1.54, 1.807) is 25.1 Å². The zero-order valence-corrected chi connectivity index (χ0v) is 36.3. The minimum Gasteiger partial charge on any atom is -0.285 e. The number of fused-ring (bicyclic) bond motifs is 6. The van der Waals surface area contributed by atoms with Crippen LogP contribution >= 0.6 is 16.0 Å². The quantitative estimate of drug-likeness (QED) is 0.127. The first-order chi connectivity index (χ1) is 30.0. The number of hydrogen-bond donors (Lipinski definition) is 1. The van der Waals surface area contributed by atoms with Crippen molar-refractivity contribution in [3.63, 3.8) is 0 Å². The molecule has 1 N–H and O–H groups in total. The Morgan fingerprint density at radius 2 is 1.16 bits per heavy atom. The Morgan fingerprint density at radius 3 is 1.70 bits per heavy atom. The molecule has 0 saturated carbocycles. The molecule has 0 fully saturated rings. The molecule has 3 aliphatic rings. The largest absolute Gasteiger partial charge is 0.416 e. The van der Waals surface area contributed by atoms with Gasteiger partial charge < -0.3 is 0 Å². The summed E-state index contributed by atoms with van der Waals surface area (Å²) in [6, 6.07) is 21.9. The molecule has 336 valence electrons. The summed E-state index contributed by atoms with van der Waals surface area (Å²) in [5, 5.41) is 3.88. The van der Waals surface area contributed by atoms with Crippen LogP contribution in [0.25, 0.3) is 17.7 Å². The van der Waals surface area contributed by atoms with E-state index < -0.39 is 85.3 Å². The second-order valence-electron chi connectivity index (χ2n) is 16.9. The minimum atomic E-state index is -5.34. The van der Waals surface area contributed by atoms with Crippen molar-refractivity contribution in [2.24, 2.45) is 11.8 Å². The second kappa shape index (κ2) is 17.1. The molecule has 15 heteroatoms. The lowest BCUT2D eigenvalue weighted by Gasteiger charge is -2.37. The highest BCUT2D eigenvalue weighted by atomic mass is 31.1. The molecule has 0 radical (unpaired) electrons. The topological polar surface area (TPSA) is 12.0 Å². The highest BCUT2D eigenvalue weighted by Gasteiger charge is 2.42. The van der Waals surface area contributed by atoms with Crippen molar-refractivity contribution in [2.45, 2.75) is 76.2 Å². The molecule has 2 aliphatic carbocycles. The SMILES string of the molecule is CC1C=c2ccc3c(c2=CC1)C1=C(CP([C@@H](c2ccccc2)[C@H](C)NP(c2cc(C(F)(F)F)cc(C(F)(F)F)c2)c2cc(C(F)(F)F)cc(C(F)(F)F)c2)C3)C(C)Cc2ccccc21. The summed E-state index contributed by atoms with van der Waals surface area (Å²) in [5.41, 5.74) is 0.0125. The van der Waals surface area contributed by atoms with Crippen molar-refractivity contribution in [2.75, 3.05) is 6.16 Å². The van der Waals surface area contributed by atoms with E-state index >= 15 is 0 Å². The van der Waals surface area contributed by atoms with Gasteiger partial charge in [0.2, 0.25) is 0 Å². The highest BCUT2D eigenvalue weighted by Crippen LogP contribution is 2.61. The normalized spacial score (nSPS) is 20.0. The van der Waals surface area contributed by atoms with Gasteiger partial charge in [0.25, 0.3) is 0 Å². The molecule has 5 aromatic rings. The average molecular weight is 934 g/mol. The van der Waals surface area contributed by atoms with Crippen LogP contribution in [0.5, 0.6) is 0 Å². The molecule has 5 aromatic carbocycles. The van der Waals surface area contributed by atoms with Gasteiger partial charge in [-0.15, -0.1) is 0 Å². The van der Waals surface area contributed by atoms with Crippen molar-refractivity contribution < 1.29 is 52.7 Å². The minimum absolute atomic E-state index is 0.0665. The van der Waals surface area contributed by atoms with Crippen LogP contribution in [0.1, 0.15) is 82.9 Å². The fraction of sp³-hybridized carbons (Fsp3) is 0.306. The molecule has 1 aliphatic heterocycles. The van der Waals surface area contributed by atoms with E-state index in [1.807, 2.05) is 24.3 Å². The number of rotatable bonds is 7. The van der Waals surface area contributed by atoms with Crippen molar-refractivity contribution in [3.8, 4) is 0 Å².